The summed E-state index contributed by atoms with van der Waals surface area (Å²) in [5, 5.41) is 7.58. The number of carbonyl (C=O) groups is 1. The van der Waals surface area contributed by atoms with Crippen molar-refractivity contribution in [1.82, 2.24) is 15.5 Å². The monoisotopic (exact) mass is 414 g/mol. The van der Waals surface area contributed by atoms with E-state index in [4.69, 9.17) is 11.6 Å². The van der Waals surface area contributed by atoms with Crippen LogP contribution in [0.3, 0.4) is 0 Å². The van der Waals surface area contributed by atoms with Gasteiger partial charge in [-0.3, -0.25) is 4.79 Å². The SMILES string of the molecule is CN(C)C(=O)CN=C(NCCSc1ccc(Cl)cc1)NC1CCCSC1. The van der Waals surface area contributed by atoms with Gasteiger partial charge < -0.3 is 15.5 Å². The second-order valence-electron chi connectivity index (χ2n) is 6.24. The Morgan fingerprint density at radius 2 is 2.15 bits per heavy atom. The Morgan fingerprint density at radius 1 is 1.38 bits per heavy atom. The van der Waals surface area contributed by atoms with Gasteiger partial charge in [-0.25, -0.2) is 4.99 Å². The van der Waals surface area contributed by atoms with E-state index in [9.17, 15) is 4.79 Å². The summed E-state index contributed by atoms with van der Waals surface area (Å²) in [6.07, 6.45) is 2.37. The van der Waals surface area contributed by atoms with Gasteiger partial charge in [-0.15, -0.1) is 11.8 Å². The smallest absolute Gasteiger partial charge is 0.243 e. The third-order valence-corrected chi connectivity index (χ3v) is 6.33. The zero-order chi connectivity index (χ0) is 18.8. The van der Waals surface area contributed by atoms with Crippen LogP contribution in [0.15, 0.2) is 34.2 Å². The van der Waals surface area contributed by atoms with Gasteiger partial charge >= 0.3 is 0 Å². The average Bonchev–Trinajstić information content (AvgIpc) is 2.64. The second-order valence-corrected chi connectivity index (χ2v) is 9.00. The summed E-state index contributed by atoms with van der Waals surface area (Å²) in [7, 11) is 3.50. The highest BCUT2D eigenvalue weighted by Gasteiger charge is 2.15. The lowest BCUT2D eigenvalue weighted by Crippen LogP contribution is -2.46. The Hall–Kier alpha value is -1.05. The summed E-state index contributed by atoms with van der Waals surface area (Å²) in [5.74, 6) is 3.95. The molecule has 0 saturated carbocycles. The number of aliphatic imine (C=N–C) groups is 1. The second kappa shape index (κ2) is 11.6. The Kier molecular flexibility index (Phi) is 9.50. The fourth-order valence-corrected chi connectivity index (χ4v) is 4.32. The molecule has 144 valence electrons. The van der Waals surface area contributed by atoms with Crippen LogP contribution in [0.5, 0.6) is 0 Å². The Morgan fingerprint density at radius 3 is 2.81 bits per heavy atom. The molecule has 2 N–H and O–H groups in total. The Balaban J connectivity index is 1.82. The average molecular weight is 415 g/mol. The van der Waals surface area contributed by atoms with E-state index in [1.54, 1.807) is 30.8 Å². The Bertz CT molecular complexity index is 589. The summed E-state index contributed by atoms with van der Waals surface area (Å²) >= 11 is 9.64. The third kappa shape index (κ3) is 8.10. The van der Waals surface area contributed by atoms with Crippen LogP contribution in [-0.4, -0.2) is 67.3 Å². The van der Waals surface area contributed by atoms with Crippen molar-refractivity contribution in [2.24, 2.45) is 4.99 Å². The number of rotatable bonds is 7. The van der Waals surface area contributed by atoms with E-state index in [0.29, 0.717) is 6.04 Å². The lowest BCUT2D eigenvalue weighted by Gasteiger charge is -2.25. The van der Waals surface area contributed by atoms with Crippen LogP contribution < -0.4 is 10.6 Å². The summed E-state index contributed by atoms with van der Waals surface area (Å²) in [5.41, 5.74) is 0. The maximum atomic E-state index is 11.8. The highest BCUT2D eigenvalue weighted by Crippen LogP contribution is 2.19. The number of carbonyl (C=O) groups excluding carboxylic acids is 1. The highest BCUT2D eigenvalue weighted by atomic mass is 35.5. The first-order valence-corrected chi connectivity index (χ1v) is 11.3. The molecule has 1 aromatic carbocycles. The van der Waals surface area contributed by atoms with Gasteiger partial charge in [0.05, 0.1) is 0 Å². The van der Waals surface area contributed by atoms with Crippen LogP contribution in [0.1, 0.15) is 12.8 Å². The molecule has 1 unspecified atom stereocenters. The number of guanidine groups is 1. The molecule has 1 heterocycles. The van der Waals surface area contributed by atoms with Gasteiger partial charge in [0.25, 0.3) is 0 Å². The standard InChI is InChI=1S/C18H27ClN4OS2/c1-23(2)17(24)12-21-18(22-15-4-3-10-25-13-15)20-9-11-26-16-7-5-14(19)6-8-16/h5-8,15H,3-4,9-13H2,1-2H3,(H2,20,21,22). The molecule has 26 heavy (non-hydrogen) atoms. The van der Waals surface area contributed by atoms with Crippen LogP contribution in [0.25, 0.3) is 0 Å². The van der Waals surface area contributed by atoms with Crippen molar-refractivity contribution >= 4 is 47.0 Å². The van der Waals surface area contributed by atoms with Crippen LogP contribution in [0, 0.1) is 0 Å². The normalized spacial score (nSPS) is 17.7. The zero-order valence-corrected chi connectivity index (χ0v) is 17.7. The molecule has 0 bridgehead atoms. The van der Waals surface area contributed by atoms with Gasteiger partial charge in [-0.05, 0) is 42.9 Å². The lowest BCUT2D eigenvalue weighted by atomic mass is 10.2. The molecule has 8 heteroatoms. The fourth-order valence-electron chi connectivity index (χ4n) is 2.36. The molecule has 1 atom stereocenters. The minimum absolute atomic E-state index is 0.000316. The van der Waals surface area contributed by atoms with Crippen LogP contribution in [-0.2, 0) is 4.79 Å². The summed E-state index contributed by atoms with van der Waals surface area (Å²) < 4.78 is 0. The first-order chi connectivity index (χ1) is 12.5. The number of thioether (sulfide) groups is 2. The van der Waals surface area contributed by atoms with Crippen molar-refractivity contribution in [2.45, 2.75) is 23.8 Å². The van der Waals surface area contributed by atoms with Crippen molar-refractivity contribution in [1.29, 1.82) is 0 Å². The Labute approximate surface area is 169 Å². The third-order valence-electron chi connectivity index (χ3n) is 3.85. The molecule has 1 aliphatic rings. The number of halogens is 1. The molecule has 1 saturated heterocycles. The van der Waals surface area contributed by atoms with Crippen molar-refractivity contribution in [2.75, 3.05) is 44.4 Å². The van der Waals surface area contributed by atoms with Gasteiger partial charge in [-0.2, -0.15) is 11.8 Å². The van der Waals surface area contributed by atoms with E-state index in [1.807, 2.05) is 36.0 Å². The predicted molar refractivity (Wildman–Crippen MR) is 115 cm³/mol. The number of nitrogens with one attached hydrogen (secondary N) is 2. The van der Waals surface area contributed by atoms with Gasteiger partial charge in [0.15, 0.2) is 5.96 Å². The number of benzene rings is 1. The van der Waals surface area contributed by atoms with E-state index in [-0.39, 0.29) is 12.5 Å². The van der Waals surface area contributed by atoms with E-state index in [2.05, 4.69) is 15.6 Å². The van der Waals surface area contributed by atoms with Gasteiger partial charge in [0, 0.05) is 48.1 Å². The number of amides is 1. The van der Waals surface area contributed by atoms with Crippen molar-refractivity contribution in [3.8, 4) is 0 Å². The lowest BCUT2D eigenvalue weighted by molar-refractivity contribution is -0.127. The molecular formula is C18H27ClN4OS2. The van der Waals surface area contributed by atoms with E-state index in [0.717, 1.165) is 35.5 Å². The van der Waals surface area contributed by atoms with Crippen LogP contribution in [0.4, 0.5) is 0 Å². The molecular weight excluding hydrogens is 388 g/mol. The molecule has 5 nitrogen and oxygen atoms in total. The summed E-state index contributed by atoms with van der Waals surface area (Å²) in [4.78, 5) is 19.0. The topological polar surface area (TPSA) is 56.7 Å². The molecule has 0 radical (unpaired) electrons. The minimum atomic E-state index is -0.000316. The summed E-state index contributed by atoms with van der Waals surface area (Å²) in [6, 6.07) is 8.27. The molecule has 1 amide bonds. The molecule has 0 aliphatic carbocycles. The largest absolute Gasteiger partial charge is 0.356 e. The summed E-state index contributed by atoms with van der Waals surface area (Å²) in [6.45, 7) is 0.932. The van der Waals surface area contributed by atoms with Gasteiger partial charge in [0.2, 0.25) is 5.91 Å². The number of hydrogen-bond donors (Lipinski definition) is 2. The minimum Gasteiger partial charge on any atom is -0.356 e. The fraction of sp³-hybridized carbons (Fsp3) is 0.556. The van der Waals surface area contributed by atoms with E-state index >= 15 is 0 Å². The molecule has 0 spiro atoms. The van der Waals surface area contributed by atoms with Gasteiger partial charge in [-0.1, -0.05) is 11.6 Å². The van der Waals surface area contributed by atoms with Crippen molar-refractivity contribution in [3.63, 3.8) is 0 Å². The van der Waals surface area contributed by atoms with Crippen molar-refractivity contribution < 1.29 is 4.79 Å². The first kappa shape index (κ1) is 21.3. The maximum Gasteiger partial charge on any atom is 0.243 e. The van der Waals surface area contributed by atoms with Crippen LogP contribution in [0.2, 0.25) is 5.02 Å². The van der Waals surface area contributed by atoms with E-state index < -0.39 is 0 Å². The highest BCUT2D eigenvalue weighted by molar-refractivity contribution is 7.99. The molecule has 2 rings (SSSR count). The molecule has 1 aliphatic heterocycles. The molecule has 1 fully saturated rings. The number of likely N-dealkylation sites (N-methyl/N-ethyl adjacent to an activating group) is 1. The molecule has 0 aromatic heterocycles. The van der Waals surface area contributed by atoms with Gasteiger partial charge in [0.1, 0.15) is 6.54 Å². The number of nitrogens with zero attached hydrogens (tertiary/aromatic N) is 2. The first-order valence-electron chi connectivity index (χ1n) is 8.75. The molecule has 1 aromatic rings. The maximum absolute atomic E-state index is 11.8. The number of hydrogen-bond acceptors (Lipinski definition) is 4. The predicted octanol–water partition coefficient (Wildman–Crippen LogP) is 2.95. The quantitative estimate of drug-likeness (QED) is 0.311. The van der Waals surface area contributed by atoms with Crippen LogP contribution >= 0.6 is 35.1 Å². The van der Waals surface area contributed by atoms with E-state index in [1.165, 1.54) is 17.1 Å². The van der Waals surface area contributed by atoms with Crippen molar-refractivity contribution in [3.05, 3.63) is 29.3 Å². The zero-order valence-electron chi connectivity index (χ0n) is 15.3.